The average molecular weight is 204 g/mol. The molecule has 0 aromatic heterocycles. The van der Waals surface area contributed by atoms with Gasteiger partial charge in [0.15, 0.2) is 0 Å². The smallest absolute Gasteiger partial charge is 0.316 e. The van der Waals surface area contributed by atoms with Crippen molar-refractivity contribution >= 4 is 22.7 Å². The number of carbonyl (C=O) groups excluding carboxylic acids is 1. The van der Waals surface area contributed by atoms with Gasteiger partial charge >= 0.3 is 5.97 Å². The van der Waals surface area contributed by atoms with Crippen LogP contribution in [0, 0.1) is 11.3 Å². The standard InChI is InChI=1S/C6H8N2O4S/c7-1-2-8-5(9)3-13(12)4-6(10)11/h2-4H2,(H,8,9)(H,10,11). The second kappa shape index (κ2) is 6.14. The minimum atomic E-state index is -1.70. The van der Waals surface area contributed by atoms with Gasteiger partial charge in [-0.3, -0.25) is 13.8 Å². The molecule has 7 heteroatoms. The largest absolute Gasteiger partial charge is 0.481 e. The summed E-state index contributed by atoms with van der Waals surface area (Å²) in [4.78, 5) is 20.8. The normalized spacial score (nSPS) is 11.3. The molecule has 0 aromatic carbocycles. The minimum absolute atomic E-state index is 0.164. The summed E-state index contributed by atoms with van der Waals surface area (Å²) in [5.74, 6) is -2.74. The number of amides is 1. The van der Waals surface area contributed by atoms with Crippen LogP contribution in [0.5, 0.6) is 0 Å². The molecule has 0 fully saturated rings. The molecule has 0 rings (SSSR count). The first-order chi connectivity index (χ1) is 6.06. The Balaban J connectivity index is 3.73. The summed E-state index contributed by atoms with van der Waals surface area (Å²) in [6, 6.07) is 1.67. The summed E-state index contributed by atoms with van der Waals surface area (Å²) in [5.41, 5.74) is 0. The lowest BCUT2D eigenvalue weighted by Crippen LogP contribution is -2.30. The fourth-order valence-corrected chi connectivity index (χ4v) is 1.30. The molecule has 13 heavy (non-hydrogen) atoms. The first-order valence-corrected chi connectivity index (χ1v) is 4.75. The van der Waals surface area contributed by atoms with Crippen LogP contribution in [0.25, 0.3) is 0 Å². The molecule has 0 aliphatic rings. The predicted octanol–water partition coefficient (Wildman–Crippen LogP) is -1.54. The minimum Gasteiger partial charge on any atom is -0.481 e. The maximum absolute atomic E-state index is 10.8. The summed E-state index contributed by atoms with van der Waals surface area (Å²) in [5, 5.41) is 18.4. The molecular formula is C6H8N2O4S. The summed E-state index contributed by atoms with van der Waals surface area (Å²) in [7, 11) is -1.70. The molecule has 0 aromatic rings. The van der Waals surface area contributed by atoms with E-state index < -0.39 is 28.4 Å². The third-order valence-electron chi connectivity index (χ3n) is 0.941. The number of carbonyl (C=O) groups is 2. The number of rotatable bonds is 5. The lowest BCUT2D eigenvalue weighted by Gasteiger charge is -1.98. The fourth-order valence-electron chi connectivity index (χ4n) is 0.524. The van der Waals surface area contributed by atoms with E-state index in [9.17, 15) is 13.8 Å². The van der Waals surface area contributed by atoms with Crippen molar-refractivity contribution in [2.45, 2.75) is 0 Å². The van der Waals surface area contributed by atoms with Crippen LogP contribution in [-0.2, 0) is 20.4 Å². The predicted molar refractivity (Wildman–Crippen MR) is 44.1 cm³/mol. The van der Waals surface area contributed by atoms with Crippen molar-refractivity contribution in [3.05, 3.63) is 0 Å². The van der Waals surface area contributed by atoms with Gasteiger partial charge in [0.2, 0.25) is 5.91 Å². The molecule has 72 valence electrons. The Morgan fingerprint density at radius 2 is 2.08 bits per heavy atom. The summed E-state index contributed by atoms with van der Waals surface area (Å²) in [6.45, 7) is -0.164. The van der Waals surface area contributed by atoms with E-state index in [-0.39, 0.29) is 12.3 Å². The van der Waals surface area contributed by atoms with Crippen molar-refractivity contribution in [2.24, 2.45) is 0 Å². The first-order valence-electron chi connectivity index (χ1n) is 3.26. The third kappa shape index (κ3) is 6.96. The Labute approximate surface area is 77.0 Å². The number of nitrogens with zero attached hydrogens (tertiary/aromatic N) is 1. The lowest BCUT2D eigenvalue weighted by molar-refractivity contribution is -0.133. The number of carboxylic acids is 1. The monoisotopic (exact) mass is 204 g/mol. The van der Waals surface area contributed by atoms with Crippen LogP contribution in [0.1, 0.15) is 0 Å². The Morgan fingerprint density at radius 1 is 1.46 bits per heavy atom. The molecule has 0 bridgehead atoms. The van der Waals surface area contributed by atoms with Gasteiger partial charge in [0.1, 0.15) is 18.1 Å². The highest BCUT2D eigenvalue weighted by Gasteiger charge is 2.10. The molecule has 0 saturated heterocycles. The average Bonchev–Trinajstić information content (AvgIpc) is 1.98. The van der Waals surface area contributed by atoms with Gasteiger partial charge in [-0.1, -0.05) is 0 Å². The molecule has 2 N–H and O–H groups in total. The molecule has 0 radical (unpaired) electrons. The molecule has 1 unspecified atom stereocenters. The topological polar surface area (TPSA) is 107 Å². The molecule has 1 amide bonds. The van der Waals surface area contributed by atoms with Crippen LogP contribution in [0.3, 0.4) is 0 Å². The van der Waals surface area contributed by atoms with E-state index in [1.807, 2.05) is 0 Å². The van der Waals surface area contributed by atoms with Gasteiger partial charge in [-0.05, 0) is 0 Å². The number of carboxylic acid groups (broad SMARTS) is 1. The summed E-state index contributed by atoms with van der Waals surface area (Å²) < 4.78 is 10.8. The Kier molecular flexibility index (Phi) is 5.47. The van der Waals surface area contributed by atoms with E-state index in [1.165, 1.54) is 0 Å². The van der Waals surface area contributed by atoms with Crippen molar-refractivity contribution in [3.8, 4) is 6.07 Å². The molecule has 0 aliphatic heterocycles. The van der Waals surface area contributed by atoms with Gasteiger partial charge in [0.25, 0.3) is 0 Å². The van der Waals surface area contributed by atoms with Gasteiger partial charge in [-0.15, -0.1) is 0 Å². The second-order valence-electron chi connectivity index (χ2n) is 2.06. The molecule has 0 spiro atoms. The number of nitrogens with one attached hydrogen (secondary N) is 1. The molecule has 1 atom stereocenters. The van der Waals surface area contributed by atoms with Crippen molar-refractivity contribution in [2.75, 3.05) is 18.1 Å². The van der Waals surface area contributed by atoms with E-state index in [2.05, 4.69) is 5.32 Å². The molecule has 0 saturated carbocycles. The van der Waals surface area contributed by atoms with E-state index in [0.717, 1.165) is 0 Å². The zero-order valence-electron chi connectivity index (χ0n) is 6.65. The third-order valence-corrected chi connectivity index (χ3v) is 2.09. The van der Waals surface area contributed by atoms with Gasteiger partial charge in [-0.25, -0.2) is 0 Å². The van der Waals surface area contributed by atoms with Crippen LogP contribution in [-0.4, -0.2) is 39.2 Å². The highest BCUT2D eigenvalue weighted by molar-refractivity contribution is 7.86. The number of hydrogen-bond donors (Lipinski definition) is 2. The van der Waals surface area contributed by atoms with Crippen molar-refractivity contribution in [1.29, 1.82) is 5.26 Å². The van der Waals surface area contributed by atoms with Crippen molar-refractivity contribution in [1.82, 2.24) is 5.32 Å². The maximum atomic E-state index is 10.8. The van der Waals surface area contributed by atoms with E-state index in [0.29, 0.717) is 0 Å². The Hall–Kier alpha value is -1.42. The Morgan fingerprint density at radius 3 is 2.54 bits per heavy atom. The highest BCUT2D eigenvalue weighted by atomic mass is 32.2. The van der Waals surface area contributed by atoms with E-state index in [1.54, 1.807) is 6.07 Å². The van der Waals surface area contributed by atoms with Gasteiger partial charge in [0, 0.05) is 10.8 Å². The fraction of sp³-hybridized carbons (Fsp3) is 0.500. The van der Waals surface area contributed by atoms with E-state index in [4.69, 9.17) is 10.4 Å². The van der Waals surface area contributed by atoms with E-state index >= 15 is 0 Å². The summed E-state index contributed by atoms with van der Waals surface area (Å²) in [6.07, 6.45) is 0. The number of nitriles is 1. The van der Waals surface area contributed by atoms with Crippen LogP contribution in [0.2, 0.25) is 0 Å². The highest BCUT2D eigenvalue weighted by Crippen LogP contribution is 1.82. The molecule has 0 aliphatic carbocycles. The molecule has 0 heterocycles. The van der Waals surface area contributed by atoms with Crippen LogP contribution in [0.15, 0.2) is 0 Å². The van der Waals surface area contributed by atoms with Crippen LogP contribution >= 0.6 is 0 Å². The van der Waals surface area contributed by atoms with Crippen LogP contribution in [0.4, 0.5) is 0 Å². The summed E-state index contributed by atoms with van der Waals surface area (Å²) >= 11 is 0. The first kappa shape index (κ1) is 11.6. The van der Waals surface area contributed by atoms with Gasteiger partial charge < -0.3 is 10.4 Å². The zero-order chi connectivity index (χ0) is 10.3. The van der Waals surface area contributed by atoms with Gasteiger partial charge in [-0.2, -0.15) is 5.26 Å². The Bertz CT molecular complexity index is 270. The SMILES string of the molecule is N#CCNC(=O)CS(=O)CC(=O)O. The van der Waals surface area contributed by atoms with Crippen LogP contribution < -0.4 is 5.32 Å². The van der Waals surface area contributed by atoms with Gasteiger partial charge in [0.05, 0.1) is 6.07 Å². The number of aliphatic carboxylic acids is 1. The lowest BCUT2D eigenvalue weighted by atomic mass is 10.6. The number of hydrogen-bond acceptors (Lipinski definition) is 4. The molecular weight excluding hydrogens is 196 g/mol. The quantitative estimate of drug-likeness (QED) is 0.528. The molecule has 6 nitrogen and oxygen atoms in total. The maximum Gasteiger partial charge on any atom is 0.316 e. The zero-order valence-corrected chi connectivity index (χ0v) is 7.47. The van der Waals surface area contributed by atoms with Crippen molar-refractivity contribution in [3.63, 3.8) is 0 Å². The second-order valence-corrected chi connectivity index (χ2v) is 3.51. The van der Waals surface area contributed by atoms with Crippen molar-refractivity contribution < 1.29 is 18.9 Å².